The molecule has 0 aliphatic carbocycles. The molecular weight excluding hydrogens is 483 g/mol. The lowest BCUT2D eigenvalue weighted by Crippen LogP contribution is -2.28. The van der Waals surface area contributed by atoms with E-state index < -0.39 is 5.97 Å². The van der Waals surface area contributed by atoms with Gasteiger partial charge in [-0.1, -0.05) is 12.1 Å². The maximum Gasteiger partial charge on any atom is 0.327 e. The highest BCUT2D eigenvalue weighted by atomic mass is 19.1. The Hall–Kier alpha value is -4.32. The predicted octanol–water partition coefficient (Wildman–Crippen LogP) is 2.44. The molecule has 11 nitrogen and oxygen atoms in total. The third kappa shape index (κ3) is 6.28. The van der Waals surface area contributed by atoms with Crippen molar-refractivity contribution in [3.05, 3.63) is 75.6 Å². The maximum atomic E-state index is 13.5. The van der Waals surface area contributed by atoms with E-state index in [1.54, 1.807) is 44.4 Å². The lowest BCUT2D eigenvalue weighted by molar-refractivity contribution is -0.144. The first-order valence-electron chi connectivity index (χ1n) is 11.6. The Kier molecular flexibility index (Phi) is 8.08. The van der Waals surface area contributed by atoms with E-state index in [-0.39, 0.29) is 37.6 Å². The molecule has 2 heterocycles. The topological polar surface area (TPSA) is 124 Å². The third-order valence-electron chi connectivity index (χ3n) is 5.69. The van der Waals surface area contributed by atoms with Crippen molar-refractivity contribution in [3.63, 3.8) is 0 Å². The number of methoxy groups -OCH3 is 2. The second-order valence-electron chi connectivity index (χ2n) is 8.25. The molecule has 194 valence electrons. The van der Waals surface area contributed by atoms with Gasteiger partial charge in [0.2, 0.25) is 0 Å². The molecule has 0 radical (unpaired) electrons. The number of aromatic amines is 1. The van der Waals surface area contributed by atoms with E-state index in [4.69, 9.17) is 14.2 Å². The summed E-state index contributed by atoms with van der Waals surface area (Å²) in [4.78, 5) is 29.8. The Bertz CT molecular complexity index is 1440. The molecular formula is C25H27FN6O5. The zero-order chi connectivity index (χ0) is 26.4. The summed E-state index contributed by atoms with van der Waals surface area (Å²) in [5, 5.41) is 12.4. The van der Waals surface area contributed by atoms with Gasteiger partial charge in [0.15, 0.2) is 17.3 Å². The van der Waals surface area contributed by atoms with Gasteiger partial charge in [-0.05, 0) is 47.2 Å². The van der Waals surface area contributed by atoms with Crippen LogP contribution in [0.5, 0.6) is 11.5 Å². The fraction of sp³-hybridized carbons (Fsp3) is 0.320. The van der Waals surface area contributed by atoms with Gasteiger partial charge >= 0.3 is 5.97 Å². The van der Waals surface area contributed by atoms with Crippen LogP contribution in [0.25, 0.3) is 10.9 Å². The molecule has 0 aliphatic rings. The van der Waals surface area contributed by atoms with Crippen molar-refractivity contribution in [3.8, 4) is 11.5 Å². The molecule has 2 aromatic heterocycles. The molecule has 0 aliphatic heterocycles. The van der Waals surface area contributed by atoms with Crippen molar-refractivity contribution in [2.45, 2.75) is 33.1 Å². The lowest BCUT2D eigenvalue weighted by Gasteiger charge is -2.22. The predicted molar refractivity (Wildman–Crippen MR) is 131 cm³/mol. The smallest absolute Gasteiger partial charge is 0.327 e. The van der Waals surface area contributed by atoms with Gasteiger partial charge in [-0.25, -0.2) is 9.07 Å². The van der Waals surface area contributed by atoms with Crippen LogP contribution < -0.4 is 15.0 Å². The number of H-pyrrole nitrogens is 1. The number of tetrazole rings is 1. The highest BCUT2D eigenvalue weighted by molar-refractivity contribution is 5.83. The van der Waals surface area contributed by atoms with Crippen LogP contribution in [0.4, 0.5) is 4.39 Å². The largest absolute Gasteiger partial charge is 0.493 e. The average Bonchev–Trinajstić information content (AvgIpc) is 3.31. The van der Waals surface area contributed by atoms with Crippen molar-refractivity contribution in [1.82, 2.24) is 30.1 Å². The highest BCUT2D eigenvalue weighted by Gasteiger charge is 2.18. The van der Waals surface area contributed by atoms with Gasteiger partial charge < -0.3 is 19.2 Å². The minimum Gasteiger partial charge on any atom is -0.493 e. The number of carbonyl (C=O) groups excluding carboxylic acids is 1. The number of hydrogen-bond donors (Lipinski definition) is 1. The van der Waals surface area contributed by atoms with Crippen LogP contribution in [-0.4, -0.2) is 56.9 Å². The second-order valence-corrected chi connectivity index (χ2v) is 8.25. The average molecular weight is 511 g/mol. The monoisotopic (exact) mass is 510 g/mol. The summed E-state index contributed by atoms with van der Waals surface area (Å²) >= 11 is 0. The fourth-order valence-electron chi connectivity index (χ4n) is 3.94. The van der Waals surface area contributed by atoms with Crippen molar-refractivity contribution in [1.29, 1.82) is 0 Å². The van der Waals surface area contributed by atoms with Crippen LogP contribution >= 0.6 is 0 Å². The summed E-state index contributed by atoms with van der Waals surface area (Å²) in [5.41, 5.74) is 1.66. The Morgan fingerprint density at radius 3 is 2.49 bits per heavy atom. The zero-order valence-electron chi connectivity index (χ0n) is 20.7. The number of nitrogens with one attached hydrogen (secondary N) is 1. The number of rotatable bonds is 11. The van der Waals surface area contributed by atoms with Crippen LogP contribution in [0.2, 0.25) is 0 Å². The minimum absolute atomic E-state index is 0.140. The fourth-order valence-corrected chi connectivity index (χ4v) is 3.94. The molecule has 0 unspecified atom stereocenters. The number of pyridine rings is 1. The highest BCUT2D eigenvalue weighted by Crippen LogP contribution is 2.31. The van der Waals surface area contributed by atoms with Crippen LogP contribution in [0.3, 0.4) is 0 Å². The normalized spacial score (nSPS) is 11.2. The zero-order valence-corrected chi connectivity index (χ0v) is 20.7. The van der Waals surface area contributed by atoms with Crippen LogP contribution in [0.1, 0.15) is 23.9 Å². The molecule has 0 saturated heterocycles. The second kappa shape index (κ2) is 11.6. The van der Waals surface area contributed by atoms with Gasteiger partial charge in [0.1, 0.15) is 12.4 Å². The van der Waals surface area contributed by atoms with Gasteiger partial charge in [-0.2, -0.15) is 0 Å². The van der Waals surface area contributed by atoms with Crippen LogP contribution in [0, 0.1) is 5.82 Å². The van der Waals surface area contributed by atoms with Crippen LogP contribution in [-0.2, 0) is 35.7 Å². The summed E-state index contributed by atoms with van der Waals surface area (Å²) in [7, 11) is 3.07. The number of esters is 1. The standard InChI is InChI=1S/C25H27FN6O5/c1-4-37-24(33)15-32-23(28-29-30-32)14-31(12-16-5-7-19(26)8-6-16)13-18-9-17-10-21(35-2)22(36-3)11-20(17)27-25(18)34/h5-11H,4,12-15H2,1-3H3,(H,27,34). The van der Waals surface area contributed by atoms with Crippen molar-refractivity contribution in [2.24, 2.45) is 0 Å². The number of ether oxygens (including phenoxy) is 3. The van der Waals surface area contributed by atoms with Gasteiger partial charge in [0.25, 0.3) is 5.56 Å². The van der Waals surface area contributed by atoms with Gasteiger partial charge in [0.05, 0.1) is 32.9 Å². The van der Waals surface area contributed by atoms with Gasteiger partial charge in [-0.15, -0.1) is 5.10 Å². The summed E-state index contributed by atoms with van der Waals surface area (Å²) < 4.78 is 30.6. The molecule has 4 rings (SSSR count). The molecule has 12 heteroatoms. The Morgan fingerprint density at radius 2 is 1.78 bits per heavy atom. The molecule has 0 bridgehead atoms. The molecule has 37 heavy (non-hydrogen) atoms. The number of fused-ring (bicyclic) bond motifs is 1. The number of hydrogen-bond acceptors (Lipinski definition) is 9. The first kappa shape index (κ1) is 25.8. The number of nitrogens with zero attached hydrogens (tertiary/aromatic N) is 5. The van der Waals surface area contributed by atoms with E-state index in [1.165, 1.54) is 23.9 Å². The lowest BCUT2D eigenvalue weighted by atomic mass is 10.1. The van der Waals surface area contributed by atoms with E-state index in [1.807, 2.05) is 4.90 Å². The third-order valence-corrected chi connectivity index (χ3v) is 5.69. The number of carbonyl (C=O) groups is 1. The molecule has 4 aromatic rings. The van der Waals surface area contributed by atoms with Crippen molar-refractivity contribution >= 4 is 16.9 Å². The molecule has 0 amide bonds. The van der Waals surface area contributed by atoms with E-state index in [9.17, 15) is 14.0 Å². The summed E-state index contributed by atoms with van der Waals surface area (Å²) in [6.07, 6.45) is 0. The molecule has 0 fully saturated rings. The quantitative estimate of drug-likeness (QED) is 0.303. The molecule has 2 aromatic carbocycles. The van der Waals surface area contributed by atoms with E-state index in [0.29, 0.717) is 34.9 Å². The molecule has 0 saturated carbocycles. The number of aromatic nitrogens is 5. The number of benzene rings is 2. The Balaban J connectivity index is 1.65. The van der Waals surface area contributed by atoms with E-state index >= 15 is 0 Å². The molecule has 0 spiro atoms. The Labute approximate surface area is 211 Å². The summed E-state index contributed by atoms with van der Waals surface area (Å²) in [6.45, 7) is 2.63. The Morgan fingerprint density at radius 1 is 1.05 bits per heavy atom. The minimum atomic E-state index is -0.462. The van der Waals surface area contributed by atoms with Crippen molar-refractivity contribution in [2.75, 3.05) is 20.8 Å². The first-order valence-corrected chi connectivity index (χ1v) is 11.6. The first-order chi connectivity index (χ1) is 17.9. The van der Waals surface area contributed by atoms with Crippen molar-refractivity contribution < 1.29 is 23.4 Å². The van der Waals surface area contributed by atoms with Gasteiger partial charge in [-0.3, -0.25) is 14.5 Å². The number of halogens is 1. The van der Waals surface area contributed by atoms with Crippen LogP contribution in [0.15, 0.2) is 47.3 Å². The van der Waals surface area contributed by atoms with Gasteiger partial charge in [0, 0.05) is 30.1 Å². The van der Waals surface area contributed by atoms with E-state index in [0.717, 1.165) is 10.9 Å². The maximum absolute atomic E-state index is 13.5. The molecule has 0 atom stereocenters. The summed E-state index contributed by atoms with van der Waals surface area (Å²) in [5.74, 6) is 0.651. The molecule has 1 N–H and O–H groups in total. The SMILES string of the molecule is CCOC(=O)Cn1nnnc1CN(Cc1ccc(F)cc1)Cc1cc2cc(OC)c(OC)cc2[nH]c1=O. The summed E-state index contributed by atoms with van der Waals surface area (Å²) in [6, 6.07) is 11.4. The van der Waals surface area contributed by atoms with E-state index in [2.05, 4.69) is 20.5 Å².